The lowest BCUT2D eigenvalue weighted by atomic mass is 10.3. The molecular formula is C12H20F2N4. The molecule has 102 valence electrons. The van der Waals surface area contributed by atoms with Crippen LogP contribution in [0.4, 0.5) is 20.4 Å². The Labute approximate surface area is 106 Å². The third-order valence-corrected chi connectivity index (χ3v) is 2.66. The van der Waals surface area contributed by atoms with Crippen molar-refractivity contribution in [3.05, 3.63) is 17.7 Å². The third kappa shape index (κ3) is 4.10. The first-order chi connectivity index (χ1) is 8.58. The Morgan fingerprint density at radius 2 is 2.00 bits per heavy atom. The quantitative estimate of drug-likeness (QED) is 0.786. The molecule has 0 saturated carbocycles. The fourth-order valence-electron chi connectivity index (χ4n) is 1.68. The summed E-state index contributed by atoms with van der Waals surface area (Å²) in [5.41, 5.74) is 5.29. The molecule has 6 heteroatoms. The molecule has 18 heavy (non-hydrogen) atoms. The summed E-state index contributed by atoms with van der Waals surface area (Å²) in [6.07, 6.45) is 1.07. The average molecular weight is 258 g/mol. The highest BCUT2D eigenvalue weighted by Gasteiger charge is 2.09. The first kappa shape index (κ1) is 14.6. The molecule has 0 fully saturated rings. The van der Waals surface area contributed by atoms with Gasteiger partial charge in [0.05, 0.1) is 0 Å². The van der Waals surface area contributed by atoms with Crippen LogP contribution in [0.15, 0.2) is 6.07 Å². The number of likely N-dealkylation sites (N-methyl/N-ethyl adjacent to an activating group) is 1. The molecule has 0 atom stereocenters. The van der Waals surface area contributed by atoms with Crippen molar-refractivity contribution in [3.8, 4) is 0 Å². The van der Waals surface area contributed by atoms with Crippen LogP contribution in [-0.2, 0) is 0 Å². The standard InChI is InChI=1S/C12H20F2N4/c1-3-6-18(4-2)7-5-16-12-10(14)8-9(13)11(15)17-12/h8H,3-7H2,1-2H3,(H3,15,16,17). The van der Waals surface area contributed by atoms with Gasteiger partial charge in [-0.3, -0.25) is 0 Å². The van der Waals surface area contributed by atoms with Crippen LogP contribution in [0.1, 0.15) is 20.3 Å². The highest BCUT2D eigenvalue weighted by atomic mass is 19.1. The Kier molecular flexibility index (Phi) is 5.77. The zero-order valence-electron chi connectivity index (χ0n) is 10.8. The van der Waals surface area contributed by atoms with E-state index in [1.54, 1.807) is 0 Å². The lowest BCUT2D eigenvalue weighted by Crippen LogP contribution is -2.30. The summed E-state index contributed by atoms with van der Waals surface area (Å²) < 4.78 is 26.3. The number of anilines is 2. The Morgan fingerprint density at radius 1 is 1.28 bits per heavy atom. The molecule has 1 rings (SSSR count). The van der Waals surface area contributed by atoms with Crippen LogP contribution in [0, 0.1) is 11.6 Å². The lowest BCUT2D eigenvalue weighted by molar-refractivity contribution is 0.300. The summed E-state index contributed by atoms with van der Waals surface area (Å²) in [6, 6.07) is 0.744. The van der Waals surface area contributed by atoms with Crippen LogP contribution in [0.2, 0.25) is 0 Å². The second kappa shape index (κ2) is 7.10. The van der Waals surface area contributed by atoms with Crippen LogP contribution >= 0.6 is 0 Å². The van der Waals surface area contributed by atoms with E-state index in [9.17, 15) is 8.78 Å². The number of halogens is 2. The minimum absolute atomic E-state index is 0.00134. The van der Waals surface area contributed by atoms with Gasteiger partial charge in [0, 0.05) is 19.2 Å². The van der Waals surface area contributed by atoms with Gasteiger partial charge in [0.1, 0.15) is 0 Å². The van der Waals surface area contributed by atoms with E-state index < -0.39 is 11.6 Å². The molecule has 0 bridgehead atoms. The maximum absolute atomic E-state index is 13.4. The van der Waals surface area contributed by atoms with Gasteiger partial charge in [-0.05, 0) is 19.5 Å². The van der Waals surface area contributed by atoms with Gasteiger partial charge in [-0.25, -0.2) is 13.8 Å². The molecule has 1 aromatic heterocycles. The van der Waals surface area contributed by atoms with Crippen LogP contribution in [-0.4, -0.2) is 36.1 Å². The largest absolute Gasteiger partial charge is 0.381 e. The van der Waals surface area contributed by atoms with Crippen molar-refractivity contribution in [2.75, 3.05) is 37.2 Å². The second-order valence-electron chi connectivity index (χ2n) is 4.05. The Hall–Kier alpha value is -1.43. The van der Waals surface area contributed by atoms with Crippen LogP contribution in [0.3, 0.4) is 0 Å². The maximum atomic E-state index is 13.4. The van der Waals surface area contributed by atoms with E-state index in [1.807, 2.05) is 0 Å². The smallest absolute Gasteiger partial charge is 0.168 e. The summed E-state index contributed by atoms with van der Waals surface area (Å²) in [5, 5.41) is 2.83. The Morgan fingerprint density at radius 3 is 2.61 bits per heavy atom. The summed E-state index contributed by atoms with van der Waals surface area (Å²) in [4.78, 5) is 5.87. The predicted octanol–water partition coefficient (Wildman–Crippen LogP) is 2.09. The number of pyridine rings is 1. The SMILES string of the molecule is CCCN(CC)CCNc1nc(N)c(F)cc1F. The molecule has 3 N–H and O–H groups in total. The fraction of sp³-hybridized carbons (Fsp3) is 0.583. The number of hydrogen-bond donors (Lipinski definition) is 2. The number of hydrogen-bond acceptors (Lipinski definition) is 4. The summed E-state index contributed by atoms with van der Waals surface area (Å²) >= 11 is 0. The fourth-order valence-corrected chi connectivity index (χ4v) is 1.68. The second-order valence-corrected chi connectivity index (χ2v) is 4.05. The van der Waals surface area contributed by atoms with Gasteiger partial charge in [-0.2, -0.15) is 0 Å². The molecule has 0 unspecified atom stereocenters. The third-order valence-electron chi connectivity index (χ3n) is 2.66. The van der Waals surface area contributed by atoms with Gasteiger partial charge in [0.2, 0.25) is 0 Å². The number of rotatable bonds is 7. The van der Waals surface area contributed by atoms with E-state index in [4.69, 9.17) is 5.73 Å². The molecule has 0 saturated heterocycles. The van der Waals surface area contributed by atoms with Crippen molar-refractivity contribution in [1.82, 2.24) is 9.88 Å². The highest BCUT2D eigenvalue weighted by molar-refractivity contribution is 5.44. The molecule has 0 aromatic carbocycles. The number of nitrogens with two attached hydrogens (primary N) is 1. The number of nitrogens with zero attached hydrogens (tertiary/aromatic N) is 2. The van der Waals surface area contributed by atoms with Crippen molar-refractivity contribution in [1.29, 1.82) is 0 Å². The minimum Gasteiger partial charge on any atom is -0.381 e. The Bertz CT molecular complexity index is 385. The molecule has 0 spiro atoms. The van der Waals surface area contributed by atoms with Crippen LogP contribution in [0.25, 0.3) is 0 Å². The van der Waals surface area contributed by atoms with E-state index in [0.29, 0.717) is 6.54 Å². The topological polar surface area (TPSA) is 54.2 Å². The molecule has 4 nitrogen and oxygen atoms in total. The lowest BCUT2D eigenvalue weighted by Gasteiger charge is -2.19. The van der Waals surface area contributed by atoms with Crippen molar-refractivity contribution < 1.29 is 8.78 Å². The van der Waals surface area contributed by atoms with Crippen molar-refractivity contribution in [2.45, 2.75) is 20.3 Å². The highest BCUT2D eigenvalue weighted by Crippen LogP contribution is 2.16. The van der Waals surface area contributed by atoms with Crippen molar-refractivity contribution in [3.63, 3.8) is 0 Å². The monoisotopic (exact) mass is 258 g/mol. The molecule has 1 heterocycles. The molecule has 1 aromatic rings. The van der Waals surface area contributed by atoms with Gasteiger partial charge in [0.25, 0.3) is 0 Å². The molecule has 0 aliphatic heterocycles. The zero-order valence-corrected chi connectivity index (χ0v) is 10.8. The van der Waals surface area contributed by atoms with E-state index in [0.717, 1.165) is 32.1 Å². The molecule has 0 aliphatic carbocycles. The van der Waals surface area contributed by atoms with Crippen LogP contribution in [0.5, 0.6) is 0 Å². The first-order valence-corrected chi connectivity index (χ1v) is 6.16. The van der Waals surface area contributed by atoms with Gasteiger partial charge in [-0.15, -0.1) is 0 Å². The minimum atomic E-state index is -0.834. The van der Waals surface area contributed by atoms with Gasteiger partial charge >= 0.3 is 0 Å². The summed E-state index contributed by atoms with van der Waals surface area (Å²) in [6.45, 7) is 7.45. The van der Waals surface area contributed by atoms with Crippen molar-refractivity contribution in [2.24, 2.45) is 0 Å². The molecular weight excluding hydrogens is 238 g/mol. The maximum Gasteiger partial charge on any atom is 0.168 e. The average Bonchev–Trinajstić information content (AvgIpc) is 2.34. The van der Waals surface area contributed by atoms with E-state index in [2.05, 4.69) is 29.0 Å². The predicted molar refractivity (Wildman–Crippen MR) is 69.5 cm³/mol. The summed E-state index contributed by atoms with van der Waals surface area (Å²) in [5.74, 6) is -1.85. The normalized spacial score (nSPS) is 10.9. The van der Waals surface area contributed by atoms with E-state index in [-0.39, 0.29) is 11.6 Å². The van der Waals surface area contributed by atoms with Gasteiger partial charge in [0.15, 0.2) is 23.3 Å². The number of nitrogen functional groups attached to an aromatic ring is 1. The number of nitrogens with one attached hydrogen (secondary N) is 1. The van der Waals surface area contributed by atoms with E-state index in [1.165, 1.54) is 0 Å². The van der Waals surface area contributed by atoms with Crippen LogP contribution < -0.4 is 11.1 Å². The Balaban J connectivity index is 2.51. The van der Waals surface area contributed by atoms with E-state index >= 15 is 0 Å². The molecule has 0 aliphatic rings. The molecule has 0 radical (unpaired) electrons. The van der Waals surface area contributed by atoms with Gasteiger partial charge < -0.3 is 16.0 Å². The first-order valence-electron chi connectivity index (χ1n) is 6.16. The van der Waals surface area contributed by atoms with Crippen molar-refractivity contribution >= 4 is 11.6 Å². The molecule has 0 amide bonds. The number of aromatic nitrogens is 1. The van der Waals surface area contributed by atoms with Gasteiger partial charge in [-0.1, -0.05) is 13.8 Å². The zero-order chi connectivity index (χ0) is 13.5. The summed E-state index contributed by atoms with van der Waals surface area (Å²) in [7, 11) is 0.